The van der Waals surface area contributed by atoms with Crippen molar-refractivity contribution in [2.24, 2.45) is 0 Å². The van der Waals surface area contributed by atoms with Crippen LogP contribution >= 0.6 is 11.6 Å². The molecular formula is C16H20ClN5O. The first-order valence-electron chi connectivity index (χ1n) is 7.81. The number of aryl methyl sites for hydroxylation is 1. The monoisotopic (exact) mass is 333 g/mol. The molecule has 0 unspecified atom stereocenters. The Bertz CT molecular complexity index is 664. The van der Waals surface area contributed by atoms with E-state index in [2.05, 4.69) is 21.0 Å². The van der Waals surface area contributed by atoms with E-state index in [1.54, 1.807) is 17.1 Å². The summed E-state index contributed by atoms with van der Waals surface area (Å²) < 4.78 is 1.69. The number of carbonyl (C=O) groups excluding carboxylic acids is 1. The van der Waals surface area contributed by atoms with Crippen LogP contribution < -0.4 is 0 Å². The maximum Gasteiger partial charge on any atom is 0.276 e. The van der Waals surface area contributed by atoms with Gasteiger partial charge in [0, 0.05) is 57.9 Å². The summed E-state index contributed by atoms with van der Waals surface area (Å²) in [6.45, 7) is 6.59. The normalized spacial score (nSPS) is 15.8. The summed E-state index contributed by atoms with van der Waals surface area (Å²) in [6.07, 6.45) is 5.36. The first kappa shape index (κ1) is 16.0. The van der Waals surface area contributed by atoms with Gasteiger partial charge in [0.2, 0.25) is 0 Å². The van der Waals surface area contributed by atoms with E-state index in [0.29, 0.717) is 30.4 Å². The molecule has 7 heteroatoms. The fourth-order valence-corrected chi connectivity index (χ4v) is 2.94. The SMILES string of the molecule is CCn1cc(Cl)c(C(=O)N2CCN(Cc3cccnc3)CC2)n1. The molecule has 1 aliphatic heterocycles. The number of nitrogens with zero attached hydrogens (tertiary/aromatic N) is 5. The fraction of sp³-hybridized carbons (Fsp3) is 0.438. The first-order valence-corrected chi connectivity index (χ1v) is 8.18. The van der Waals surface area contributed by atoms with Gasteiger partial charge in [-0.25, -0.2) is 0 Å². The molecule has 2 aromatic heterocycles. The van der Waals surface area contributed by atoms with Gasteiger partial charge >= 0.3 is 0 Å². The number of pyridine rings is 1. The predicted molar refractivity (Wildman–Crippen MR) is 88.3 cm³/mol. The molecule has 2 aromatic rings. The number of rotatable bonds is 4. The topological polar surface area (TPSA) is 54.3 Å². The third kappa shape index (κ3) is 3.71. The minimum atomic E-state index is -0.0803. The molecule has 0 bridgehead atoms. The molecule has 0 atom stereocenters. The van der Waals surface area contributed by atoms with Gasteiger partial charge < -0.3 is 4.90 Å². The van der Waals surface area contributed by atoms with Gasteiger partial charge in [-0.15, -0.1) is 0 Å². The number of hydrogen-bond donors (Lipinski definition) is 0. The third-order valence-corrected chi connectivity index (χ3v) is 4.31. The summed E-state index contributed by atoms with van der Waals surface area (Å²) in [4.78, 5) is 20.8. The molecule has 122 valence electrons. The lowest BCUT2D eigenvalue weighted by atomic mass is 10.2. The highest BCUT2D eigenvalue weighted by Gasteiger charge is 2.25. The molecule has 1 aliphatic rings. The first-order chi connectivity index (χ1) is 11.2. The van der Waals surface area contributed by atoms with Crippen LogP contribution in [0, 0.1) is 0 Å². The maximum atomic E-state index is 12.6. The van der Waals surface area contributed by atoms with Crippen LogP contribution in [0.25, 0.3) is 0 Å². The minimum absolute atomic E-state index is 0.0803. The fourth-order valence-electron chi connectivity index (χ4n) is 2.71. The Morgan fingerprint density at radius 3 is 2.70 bits per heavy atom. The number of halogens is 1. The highest BCUT2D eigenvalue weighted by molar-refractivity contribution is 6.33. The second-order valence-electron chi connectivity index (χ2n) is 5.61. The van der Waals surface area contributed by atoms with Crippen LogP contribution in [0.5, 0.6) is 0 Å². The van der Waals surface area contributed by atoms with E-state index >= 15 is 0 Å². The molecule has 23 heavy (non-hydrogen) atoms. The Morgan fingerprint density at radius 2 is 2.09 bits per heavy atom. The molecule has 0 N–H and O–H groups in total. The highest BCUT2D eigenvalue weighted by Crippen LogP contribution is 2.17. The van der Waals surface area contributed by atoms with Crippen molar-refractivity contribution < 1.29 is 4.79 Å². The molecule has 0 radical (unpaired) electrons. The zero-order chi connectivity index (χ0) is 16.2. The van der Waals surface area contributed by atoms with Crippen molar-refractivity contribution in [3.05, 3.63) is 47.0 Å². The molecule has 6 nitrogen and oxygen atoms in total. The van der Waals surface area contributed by atoms with Gasteiger partial charge in [-0.2, -0.15) is 5.10 Å². The van der Waals surface area contributed by atoms with Crippen molar-refractivity contribution in [1.29, 1.82) is 0 Å². The summed E-state index contributed by atoms with van der Waals surface area (Å²) in [5, 5.41) is 4.69. The van der Waals surface area contributed by atoms with Gasteiger partial charge in [-0.3, -0.25) is 19.4 Å². The van der Waals surface area contributed by atoms with Crippen LogP contribution in [0.2, 0.25) is 5.02 Å². The van der Waals surface area contributed by atoms with E-state index in [4.69, 9.17) is 11.6 Å². The van der Waals surface area contributed by atoms with Gasteiger partial charge in [-0.1, -0.05) is 17.7 Å². The number of piperazine rings is 1. The van der Waals surface area contributed by atoms with E-state index < -0.39 is 0 Å². The molecule has 1 saturated heterocycles. The van der Waals surface area contributed by atoms with Gasteiger partial charge in [-0.05, 0) is 18.6 Å². The average Bonchev–Trinajstić information content (AvgIpc) is 2.97. The lowest BCUT2D eigenvalue weighted by Crippen LogP contribution is -2.48. The third-order valence-electron chi connectivity index (χ3n) is 4.03. The maximum absolute atomic E-state index is 12.6. The molecule has 0 saturated carbocycles. The average molecular weight is 334 g/mol. The van der Waals surface area contributed by atoms with Crippen LogP contribution in [0.1, 0.15) is 23.0 Å². The lowest BCUT2D eigenvalue weighted by Gasteiger charge is -2.34. The van der Waals surface area contributed by atoms with Crippen LogP contribution in [-0.4, -0.2) is 56.7 Å². The van der Waals surface area contributed by atoms with Crippen molar-refractivity contribution in [3.63, 3.8) is 0 Å². The molecule has 0 aliphatic carbocycles. The summed E-state index contributed by atoms with van der Waals surface area (Å²) in [5.74, 6) is -0.0803. The largest absolute Gasteiger partial charge is 0.335 e. The standard InChI is InChI=1S/C16H20ClN5O/c1-2-22-12-14(17)15(19-22)16(23)21-8-6-20(7-9-21)11-13-4-3-5-18-10-13/h3-5,10,12H,2,6-9,11H2,1H3. The highest BCUT2D eigenvalue weighted by atomic mass is 35.5. The van der Waals surface area contributed by atoms with E-state index in [1.165, 1.54) is 5.56 Å². The quantitative estimate of drug-likeness (QED) is 0.857. The van der Waals surface area contributed by atoms with Crippen LogP contribution in [0.15, 0.2) is 30.7 Å². The van der Waals surface area contributed by atoms with Gasteiger partial charge in [0.15, 0.2) is 5.69 Å². The lowest BCUT2D eigenvalue weighted by molar-refractivity contribution is 0.0622. The van der Waals surface area contributed by atoms with E-state index in [-0.39, 0.29) is 5.91 Å². The number of aromatic nitrogens is 3. The Morgan fingerprint density at radius 1 is 1.30 bits per heavy atom. The smallest absolute Gasteiger partial charge is 0.276 e. The Balaban J connectivity index is 1.58. The zero-order valence-electron chi connectivity index (χ0n) is 13.2. The molecule has 0 aromatic carbocycles. The number of hydrogen-bond acceptors (Lipinski definition) is 4. The van der Waals surface area contributed by atoms with Crippen molar-refractivity contribution in [1.82, 2.24) is 24.6 Å². The van der Waals surface area contributed by atoms with Crippen LogP contribution in [0.3, 0.4) is 0 Å². The molecule has 1 fully saturated rings. The second-order valence-corrected chi connectivity index (χ2v) is 6.02. The van der Waals surface area contributed by atoms with Crippen LogP contribution in [0.4, 0.5) is 0 Å². The summed E-state index contributed by atoms with van der Waals surface area (Å²) >= 11 is 6.13. The zero-order valence-corrected chi connectivity index (χ0v) is 13.9. The summed E-state index contributed by atoms with van der Waals surface area (Å²) in [7, 11) is 0. The molecular weight excluding hydrogens is 314 g/mol. The predicted octanol–water partition coefficient (Wildman–Crippen LogP) is 1.91. The van der Waals surface area contributed by atoms with Crippen molar-refractivity contribution >= 4 is 17.5 Å². The molecule has 1 amide bonds. The Hall–Kier alpha value is -1.92. The minimum Gasteiger partial charge on any atom is -0.335 e. The van der Waals surface area contributed by atoms with Gasteiger partial charge in [0.25, 0.3) is 5.91 Å². The Labute approximate surface area is 140 Å². The van der Waals surface area contributed by atoms with Gasteiger partial charge in [0.05, 0.1) is 5.02 Å². The van der Waals surface area contributed by atoms with Crippen molar-refractivity contribution in [2.45, 2.75) is 20.0 Å². The number of carbonyl (C=O) groups is 1. The molecule has 0 spiro atoms. The van der Waals surface area contributed by atoms with E-state index in [9.17, 15) is 4.79 Å². The Kier molecular flexibility index (Phi) is 4.93. The summed E-state index contributed by atoms with van der Waals surface area (Å²) in [6, 6.07) is 4.02. The van der Waals surface area contributed by atoms with Crippen molar-refractivity contribution in [2.75, 3.05) is 26.2 Å². The van der Waals surface area contributed by atoms with Gasteiger partial charge in [0.1, 0.15) is 0 Å². The number of amides is 1. The summed E-state index contributed by atoms with van der Waals surface area (Å²) in [5.41, 5.74) is 1.55. The van der Waals surface area contributed by atoms with Crippen molar-refractivity contribution in [3.8, 4) is 0 Å². The van der Waals surface area contributed by atoms with Crippen LogP contribution in [-0.2, 0) is 13.1 Å². The van der Waals surface area contributed by atoms with E-state index in [0.717, 1.165) is 19.6 Å². The molecule has 3 heterocycles. The molecule has 3 rings (SSSR count). The second kappa shape index (κ2) is 7.10. The van der Waals surface area contributed by atoms with E-state index in [1.807, 2.05) is 24.1 Å².